The summed E-state index contributed by atoms with van der Waals surface area (Å²) in [5, 5.41) is 15.2. The molecule has 0 aliphatic carbocycles. The molecule has 3 N–H and O–H groups in total. The summed E-state index contributed by atoms with van der Waals surface area (Å²) < 4.78 is 5.38. The van der Waals surface area contributed by atoms with Crippen LogP contribution in [0.1, 0.15) is 0 Å². The number of hydrogen-bond acceptors (Lipinski definition) is 4. The van der Waals surface area contributed by atoms with Gasteiger partial charge in [0.25, 0.3) is 5.91 Å². The zero-order chi connectivity index (χ0) is 16.5. The number of aliphatic hydroxyl groups excluding tert-OH is 1. The highest BCUT2D eigenvalue weighted by atomic mass is 35.5. The highest BCUT2D eigenvalue weighted by Gasteiger charge is 2.04. The van der Waals surface area contributed by atoms with Gasteiger partial charge in [0.05, 0.1) is 12.0 Å². The molecule has 0 spiro atoms. The van der Waals surface area contributed by atoms with Gasteiger partial charge >= 0.3 is 0 Å². The maximum atomic E-state index is 11.8. The van der Waals surface area contributed by atoms with Gasteiger partial charge in [-0.2, -0.15) is 0 Å². The average molecular weight is 335 g/mol. The third-order valence-electron chi connectivity index (χ3n) is 3.00. The SMILES string of the molecule is O=C(COc1ccccc1)Nc1ccc(NCC(O)CCl)cc1. The van der Waals surface area contributed by atoms with Gasteiger partial charge in [-0.05, 0) is 36.4 Å². The summed E-state index contributed by atoms with van der Waals surface area (Å²) in [5.74, 6) is 0.606. The van der Waals surface area contributed by atoms with Gasteiger partial charge < -0.3 is 20.5 Å². The Labute approximate surface area is 140 Å². The molecule has 5 nitrogen and oxygen atoms in total. The van der Waals surface area contributed by atoms with Gasteiger partial charge in [-0.3, -0.25) is 4.79 Å². The number of halogens is 1. The van der Waals surface area contributed by atoms with Crippen molar-refractivity contribution >= 4 is 28.9 Å². The van der Waals surface area contributed by atoms with E-state index in [-0.39, 0.29) is 18.4 Å². The van der Waals surface area contributed by atoms with Crippen LogP contribution in [0.5, 0.6) is 5.75 Å². The monoisotopic (exact) mass is 334 g/mol. The Morgan fingerprint density at radius 1 is 1.09 bits per heavy atom. The van der Waals surface area contributed by atoms with Gasteiger partial charge in [0.2, 0.25) is 0 Å². The molecule has 1 unspecified atom stereocenters. The Morgan fingerprint density at radius 2 is 1.74 bits per heavy atom. The van der Waals surface area contributed by atoms with E-state index < -0.39 is 6.10 Å². The minimum absolute atomic E-state index is 0.0497. The molecule has 0 fully saturated rings. The lowest BCUT2D eigenvalue weighted by molar-refractivity contribution is -0.118. The van der Waals surface area contributed by atoms with Gasteiger partial charge in [0.15, 0.2) is 6.61 Å². The van der Waals surface area contributed by atoms with E-state index in [0.717, 1.165) is 5.69 Å². The van der Waals surface area contributed by atoms with Crippen molar-refractivity contribution in [3.8, 4) is 5.75 Å². The molecule has 0 saturated carbocycles. The third kappa shape index (κ3) is 6.18. The fraction of sp³-hybridized carbons (Fsp3) is 0.235. The van der Waals surface area contributed by atoms with E-state index in [1.54, 1.807) is 24.3 Å². The van der Waals surface area contributed by atoms with Crippen molar-refractivity contribution in [2.75, 3.05) is 29.7 Å². The number of rotatable bonds is 8. The summed E-state index contributed by atoms with van der Waals surface area (Å²) in [5.41, 5.74) is 1.52. The molecule has 2 aromatic rings. The summed E-state index contributed by atoms with van der Waals surface area (Å²) in [4.78, 5) is 11.8. The minimum atomic E-state index is -0.591. The number of alkyl halides is 1. The molecular formula is C17H19ClN2O3. The zero-order valence-electron chi connectivity index (χ0n) is 12.5. The van der Waals surface area contributed by atoms with Gasteiger partial charge in [-0.15, -0.1) is 11.6 Å². The standard InChI is InChI=1S/C17H19ClN2O3/c18-10-15(21)11-19-13-6-8-14(9-7-13)20-17(22)12-23-16-4-2-1-3-5-16/h1-9,15,19,21H,10-12H2,(H,20,22). The first kappa shape index (κ1) is 17.1. The van der Waals surface area contributed by atoms with E-state index in [2.05, 4.69) is 10.6 Å². The van der Waals surface area contributed by atoms with Crippen molar-refractivity contribution < 1.29 is 14.6 Å². The van der Waals surface area contributed by atoms with E-state index in [9.17, 15) is 9.90 Å². The second kappa shape index (κ2) is 9.02. The topological polar surface area (TPSA) is 70.6 Å². The smallest absolute Gasteiger partial charge is 0.262 e. The first-order chi connectivity index (χ1) is 11.2. The van der Waals surface area contributed by atoms with Crippen molar-refractivity contribution in [1.29, 1.82) is 0 Å². The lowest BCUT2D eigenvalue weighted by Gasteiger charge is -2.11. The molecule has 0 heterocycles. The summed E-state index contributed by atoms with van der Waals surface area (Å²) in [6.45, 7) is 0.325. The first-order valence-corrected chi connectivity index (χ1v) is 7.76. The normalized spacial score (nSPS) is 11.6. The molecule has 23 heavy (non-hydrogen) atoms. The number of aliphatic hydroxyl groups is 1. The summed E-state index contributed by atoms with van der Waals surface area (Å²) in [6.07, 6.45) is -0.591. The predicted octanol–water partition coefficient (Wildman–Crippen LogP) is 2.72. The van der Waals surface area contributed by atoms with Gasteiger partial charge in [0.1, 0.15) is 5.75 Å². The van der Waals surface area contributed by atoms with Crippen molar-refractivity contribution in [1.82, 2.24) is 0 Å². The fourth-order valence-corrected chi connectivity index (χ4v) is 1.93. The Bertz CT molecular complexity index is 605. The molecule has 0 radical (unpaired) electrons. The summed E-state index contributed by atoms with van der Waals surface area (Å²) >= 11 is 5.53. The number of ether oxygens (including phenoxy) is 1. The van der Waals surface area contributed by atoms with E-state index in [0.29, 0.717) is 18.0 Å². The van der Waals surface area contributed by atoms with Gasteiger partial charge in [0, 0.05) is 17.9 Å². The maximum absolute atomic E-state index is 11.8. The number of carbonyl (C=O) groups is 1. The number of para-hydroxylation sites is 1. The van der Waals surface area contributed by atoms with Crippen LogP contribution < -0.4 is 15.4 Å². The Morgan fingerprint density at radius 3 is 2.39 bits per heavy atom. The second-order valence-electron chi connectivity index (χ2n) is 4.92. The minimum Gasteiger partial charge on any atom is -0.484 e. The predicted molar refractivity (Wildman–Crippen MR) is 92.2 cm³/mol. The Kier molecular flexibility index (Phi) is 6.72. The summed E-state index contributed by atoms with van der Waals surface area (Å²) in [6, 6.07) is 16.3. The van der Waals surface area contributed by atoms with Crippen molar-refractivity contribution in [3.63, 3.8) is 0 Å². The van der Waals surface area contributed by atoms with Crippen LogP contribution in [0.3, 0.4) is 0 Å². The number of anilines is 2. The van der Waals surface area contributed by atoms with E-state index in [1.165, 1.54) is 0 Å². The largest absolute Gasteiger partial charge is 0.484 e. The van der Waals surface area contributed by atoms with Crippen LogP contribution in [0.2, 0.25) is 0 Å². The average Bonchev–Trinajstić information content (AvgIpc) is 2.60. The van der Waals surface area contributed by atoms with Crippen LogP contribution in [0.15, 0.2) is 54.6 Å². The number of benzene rings is 2. The van der Waals surface area contributed by atoms with Crippen LogP contribution in [0, 0.1) is 0 Å². The van der Waals surface area contributed by atoms with Crippen LogP contribution in [-0.2, 0) is 4.79 Å². The van der Waals surface area contributed by atoms with Crippen LogP contribution >= 0.6 is 11.6 Å². The Balaban J connectivity index is 1.77. The second-order valence-corrected chi connectivity index (χ2v) is 5.22. The maximum Gasteiger partial charge on any atom is 0.262 e. The molecule has 0 aliphatic heterocycles. The number of amides is 1. The third-order valence-corrected chi connectivity index (χ3v) is 3.36. The molecule has 0 saturated heterocycles. The lowest BCUT2D eigenvalue weighted by atomic mass is 10.2. The molecule has 0 bridgehead atoms. The molecule has 6 heteroatoms. The summed E-state index contributed by atoms with van der Waals surface area (Å²) in [7, 11) is 0. The Hall–Kier alpha value is -2.24. The number of hydrogen-bond donors (Lipinski definition) is 3. The van der Waals surface area contributed by atoms with Crippen LogP contribution in [0.25, 0.3) is 0 Å². The van der Waals surface area contributed by atoms with Crippen molar-refractivity contribution in [2.24, 2.45) is 0 Å². The highest BCUT2D eigenvalue weighted by Crippen LogP contribution is 2.14. The van der Waals surface area contributed by atoms with Crippen molar-refractivity contribution in [2.45, 2.75) is 6.10 Å². The van der Waals surface area contributed by atoms with E-state index in [1.807, 2.05) is 30.3 Å². The lowest BCUT2D eigenvalue weighted by Crippen LogP contribution is -2.21. The first-order valence-electron chi connectivity index (χ1n) is 7.23. The van der Waals surface area contributed by atoms with E-state index >= 15 is 0 Å². The number of carbonyl (C=O) groups excluding carboxylic acids is 1. The highest BCUT2D eigenvalue weighted by molar-refractivity contribution is 6.18. The molecule has 0 aromatic heterocycles. The molecule has 1 atom stereocenters. The number of nitrogens with one attached hydrogen (secondary N) is 2. The van der Waals surface area contributed by atoms with Crippen molar-refractivity contribution in [3.05, 3.63) is 54.6 Å². The zero-order valence-corrected chi connectivity index (χ0v) is 13.3. The molecule has 1 amide bonds. The molecule has 0 aliphatic rings. The quantitative estimate of drug-likeness (QED) is 0.649. The van der Waals surface area contributed by atoms with E-state index in [4.69, 9.17) is 16.3 Å². The van der Waals surface area contributed by atoms with Gasteiger partial charge in [-0.1, -0.05) is 18.2 Å². The van der Waals surface area contributed by atoms with Crippen LogP contribution in [-0.4, -0.2) is 36.1 Å². The fourth-order valence-electron chi connectivity index (χ4n) is 1.82. The molecule has 122 valence electrons. The molecule has 2 rings (SSSR count). The molecular weight excluding hydrogens is 316 g/mol. The van der Waals surface area contributed by atoms with Gasteiger partial charge in [-0.25, -0.2) is 0 Å². The molecule has 2 aromatic carbocycles. The van der Waals surface area contributed by atoms with Crippen LogP contribution in [0.4, 0.5) is 11.4 Å².